The molecule has 31 heavy (non-hydrogen) atoms. The van der Waals surface area contributed by atoms with Crippen LogP contribution < -0.4 is 5.32 Å². The molecule has 1 aromatic heterocycles. The van der Waals surface area contributed by atoms with Crippen molar-refractivity contribution in [2.75, 3.05) is 13.2 Å². The molecule has 9 nitrogen and oxygen atoms in total. The van der Waals surface area contributed by atoms with Crippen LogP contribution in [0.1, 0.15) is 44.6 Å². The number of esters is 1. The van der Waals surface area contributed by atoms with Crippen molar-refractivity contribution in [2.24, 2.45) is 5.41 Å². The van der Waals surface area contributed by atoms with E-state index in [1.165, 1.54) is 5.56 Å². The minimum absolute atomic E-state index is 0.178. The molecule has 2 aromatic rings. The molecule has 1 saturated heterocycles. The highest BCUT2D eigenvalue weighted by atomic mass is 16.5. The first kappa shape index (κ1) is 19.9. The molecule has 9 heteroatoms. The Bertz CT molecular complexity index is 1010. The number of carbonyl (C=O) groups is 2. The van der Waals surface area contributed by atoms with Crippen molar-refractivity contribution in [3.63, 3.8) is 0 Å². The summed E-state index contributed by atoms with van der Waals surface area (Å²) in [6, 6.07) is 8.57. The first-order valence-corrected chi connectivity index (χ1v) is 10.8. The standard InChI is InChI=1S/C22H26N6O3/c1-15-19(13-31-20(15)29)27-11-10-22(21(27)30)8-6-17(7-9-22)23-12-16-2-4-18(5-3-16)28-14-24-25-26-28/h2-5,14,17,23H,6-13H2,1H3/t17-,22-. The van der Waals surface area contributed by atoms with E-state index in [9.17, 15) is 9.59 Å². The van der Waals surface area contributed by atoms with Crippen molar-refractivity contribution in [1.29, 1.82) is 0 Å². The molecule has 1 aliphatic carbocycles. The number of hydrogen-bond donors (Lipinski definition) is 1. The first-order valence-electron chi connectivity index (χ1n) is 10.8. The summed E-state index contributed by atoms with van der Waals surface area (Å²) in [5.74, 6) is -0.126. The summed E-state index contributed by atoms with van der Waals surface area (Å²) < 4.78 is 6.74. The smallest absolute Gasteiger partial charge is 0.336 e. The van der Waals surface area contributed by atoms with E-state index in [4.69, 9.17) is 4.74 Å². The van der Waals surface area contributed by atoms with Crippen molar-refractivity contribution in [1.82, 2.24) is 30.4 Å². The number of hydrogen-bond acceptors (Lipinski definition) is 7. The topological polar surface area (TPSA) is 102 Å². The Morgan fingerprint density at radius 1 is 1.16 bits per heavy atom. The third-order valence-corrected chi connectivity index (χ3v) is 7.01. The number of tetrazole rings is 1. The maximum atomic E-state index is 13.2. The fourth-order valence-corrected chi connectivity index (χ4v) is 4.97. The molecule has 1 amide bonds. The molecular formula is C22H26N6O3. The molecule has 2 aliphatic heterocycles. The zero-order chi connectivity index (χ0) is 21.4. The SMILES string of the molecule is CC1=C(N2CC[C@]3(CC[C@@H](NCc4ccc(-n5cnnn5)cc4)CC3)C2=O)COC1=O. The molecule has 0 radical (unpaired) electrons. The van der Waals surface area contributed by atoms with Gasteiger partial charge in [0.25, 0.3) is 0 Å². The van der Waals surface area contributed by atoms with Crippen LogP contribution in [0.25, 0.3) is 5.69 Å². The van der Waals surface area contributed by atoms with E-state index >= 15 is 0 Å². The molecule has 0 unspecified atom stereocenters. The van der Waals surface area contributed by atoms with Gasteiger partial charge in [0.2, 0.25) is 5.91 Å². The number of nitrogens with zero attached hydrogens (tertiary/aromatic N) is 5. The second-order valence-electron chi connectivity index (χ2n) is 8.71. The Balaban J connectivity index is 1.15. The van der Waals surface area contributed by atoms with Crippen LogP contribution in [-0.4, -0.2) is 56.2 Å². The molecular weight excluding hydrogens is 396 g/mol. The lowest BCUT2D eigenvalue weighted by Gasteiger charge is -2.36. The van der Waals surface area contributed by atoms with Gasteiger partial charge < -0.3 is 15.0 Å². The molecule has 3 heterocycles. The lowest BCUT2D eigenvalue weighted by molar-refractivity contribution is -0.138. The van der Waals surface area contributed by atoms with Crippen LogP contribution >= 0.6 is 0 Å². The van der Waals surface area contributed by atoms with Gasteiger partial charge >= 0.3 is 5.97 Å². The summed E-state index contributed by atoms with van der Waals surface area (Å²) in [6.07, 6.45) is 6.18. The van der Waals surface area contributed by atoms with Crippen molar-refractivity contribution in [3.05, 3.63) is 47.4 Å². The van der Waals surface area contributed by atoms with E-state index in [2.05, 4.69) is 33.0 Å². The summed E-state index contributed by atoms with van der Waals surface area (Å²) >= 11 is 0. The van der Waals surface area contributed by atoms with Crippen molar-refractivity contribution in [3.8, 4) is 5.69 Å². The van der Waals surface area contributed by atoms with Crippen LogP contribution in [-0.2, 0) is 20.9 Å². The number of likely N-dealkylation sites (tertiary alicyclic amines) is 1. The minimum Gasteiger partial charge on any atom is -0.456 e. The third kappa shape index (κ3) is 3.63. The second kappa shape index (κ2) is 7.88. The van der Waals surface area contributed by atoms with Crippen LogP contribution in [0.4, 0.5) is 0 Å². The number of carbonyl (C=O) groups excluding carboxylic acids is 2. The molecule has 2 fully saturated rings. The van der Waals surface area contributed by atoms with E-state index in [1.807, 2.05) is 12.1 Å². The number of rotatable bonds is 5. The van der Waals surface area contributed by atoms with Gasteiger partial charge in [0.15, 0.2) is 0 Å². The van der Waals surface area contributed by atoms with Crippen molar-refractivity contribution < 1.29 is 14.3 Å². The van der Waals surface area contributed by atoms with Gasteiger partial charge in [-0.05, 0) is 67.2 Å². The molecule has 1 N–H and O–H groups in total. The number of ether oxygens (including phenoxy) is 1. The lowest BCUT2D eigenvalue weighted by Crippen LogP contribution is -2.42. The van der Waals surface area contributed by atoms with E-state index in [-0.39, 0.29) is 23.9 Å². The van der Waals surface area contributed by atoms with Crippen molar-refractivity contribution in [2.45, 2.75) is 51.6 Å². The maximum absolute atomic E-state index is 13.2. The summed E-state index contributed by atoms with van der Waals surface area (Å²) in [5, 5.41) is 14.9. The predicted molar refractivity (Wildman–Crippen MR) is 111 cm³/mol. The minimum atomic E-state index is -0.303. The van der Waals surface area contributed by atoms with Crippen LogP contribution in [0.5, 0.6) is 0 Å². The van der Waals surface area contributed by atoms with Crippen LogP contribution in [0, 0.1) is 5.41 Å². The summed E-state index contributed by atoms with van der Waals surface area (Å²) in [4.78, 5) is 26.7. The molecule has 3 aliphatic rings. The molecule has 1 spiro atoms. The zero-order valence-electron chi connectivity index (χ0n) is 17.6. The van der Waals surface area contributed by atoms with E-state index < -0.39 is 0 Å². The van der Waals surface area contributed by atoms with Crippen LogP contribution in [0.15, 0.2) is 41.9 Å². The summed E-state index contributed by atoms with van der Waals surface area (Å²) in [5.41, 5.74) is 3.19. The Labute approximate surface area is 180 Å². The largest absolute Gasteiger partial charge is 0.456 e. The van der Waals surface area contributed by atoms with Gasteiger partial charge in [-0.15, -0.1) is 5.10 Å². The third-order valence-electron chi connectivity index (χ3n) is 7.01. The Kier molecular flexibility index (Phi) is 5.05. The predicted octanol–water partition coefficient (Wildman–Crippen LogP) is 1.74. The quantitative estimate of drug-likeness (QED) is 0.732. The van der Waals surface area contributed by atoms with Crippen molar-refractivity contribution >= 4 is 11.9 Å². The molecule has 1 aromatic carbocycles. The van der Waals surface area contributed by atoms with E-state index in [0.29, 0.717) is 18.2 Å². The summed E-state index contributed by atoms with van der Waals surface area (Å²) in [7, 11) is 0. The Morgan fingerprint density at radius 3 is 2.58 bits per heavy atom. The highest BCUT2D eigenvalue weighted by Crippen LogP contribution is 2.46. The van der Waals surface area contributed by atoms with Gasteiger partial charge in [-0.3, -0.25) is 4.79 Å². The Morgan fingerprint density at radius 2 is 1.94 bits per heavy atom. The van der Waals surface area contributed by atoms with Gasteiger partial charge in [-0.1, -0.05) is 12.1 Å². The van der Waals surface area contributed by atoms with E-state index in [1.54, 1.807) is 22.8 Å². The number of amides is 1. The highest BCUT2D eigenvalue weighted by molar-refractivity contribution is 5.94. The maximum Gasteiger partial charge on any atom is 0.336 e. The fraction of sp³-hybridized carbons (Fsp3) is 0.500. The highest BCUT2D eigenvalue weighted by Gasteiger charge is 2.50. The number of nitrogens with one attached hydrogen (secondary N) is 1. The second-order valence-corrected chi connectivity index (χ2v) is 8.71. The molecule has 0 bridgehead atoms. The monoisotopic (exact) mass is 422 g/mol. The number of aromatic nitrogens is 4. The Hall–Kier alpha value is -3.07. The van der Waals surface area contributed by atoms with Gasteiger partial charge in [0.1, 0.15) is 12.9 Å². The first-order chi connectivity index (χ1) is 15.1. The van der Waals surface area contributed by atoms with Gasteiger partial charge in [0.05, 0.1) is 22.4 Å². The van der Waals surface area contributed by atoms with Gasteiger partial charge in [-0.2, -0.15) is 0 Å². The molecule has 1 saturated carbocycles. The fourth-order valence-electron chi connectivity index (χ4n) is 4.97. The number of benzene rings is 1. The lowest BCUT2D eigenvalue weighted by atomic mass is 9.71. The molecule has 5 rings (SSSR count). The summed E-state index contributed by atoms with van der Waals surface area (Å²) in [6.45, 7) is 3.45. The molecule has 0 atom stereocenters. The van der Waals surface area contributed by atoms with E-state index in [0.717, 1.165) is 50.0 Å². The normalized spacial score (nSPS) is 26.2. The van der Waals surface area contributed by atoms with Crippen LogP contribution in [0.3, 0.4) is 0 Å². The van der Waals surface area contributed by atoms with Gasteiger partial charge in [-0.25, -0.2) is 9.48 Å². The molecule has 162 valence electrons. The number of cyclic esters (lactones) is 1. The average molecular weight is 422 g/mol. The average Bonchev–Trinajstić information content (AvgIpc) is 3.51. The van der Waals surface area contributed by atoms with Crippen LogP contribution in [0.2, 0.25) is 0 Å². The zero-order valence-corrected chi connectivity index (χ0v) is 17.6. The van der Waals surface area contributed by atoms with Gasteiger partial charge in [0, 0.05) is 19.1 Å².